The second-order valence-corrected chi connectivity index (χ2v) is 3.62. The summed E-state index contributed by atoms with van der Waals surface area (Å²) in [5, 5.41) is 13.0. The summed E-state index contributed by atoms with van der Waals surface area (Å²) in [5.41, 5.74) is 5.90. The average molecular weight is 220 g/mol. The van der Waals surface area contributed by atoms with Crippen LogP contribution in [0.15, 0.2) is 0 Å². The van der Waals surface area contributed by atoms with E-state index in [1.807, 2.05) is 6.07 Å². The molecule has 0 spiro atoms. The molecule has 0 bridgehead atoms. The van der Waals surface area contributed by atoms with E-state index in [-0.39, 0.29) is 29.7 Å². The van der Waals surface area contributed by atoms with Crippen LogP contribution in [-0.4, -0.2) is 22.4 Å². The molecule has 1 heterocycles. The number of nitrogens with two attached hydrogens (primary N) is 1. The third-order valence-corrected chi connectivity index (χ3v) is 2.42. The summed E-state index contributed by atoms with van der Waals surface area (Å²) in [6.45, 7) is 1.95. The van der Waals surface area contributed by atoms with E-state index < -0.39 is 5.97 Å². The first kappa shape index (κ1) is 10.5. The lowest BCUT2D eigenvalue weighted by Gasteiger charge is -1.98. The number of esters is 1. The minimum Gasteiger partial charge on any atom is -0.461 e. The van der Waals surface area contributed by atoms with Gasteiger partial charge in [0.2, 0.25) is 0 Å². The zero-order chi connectivity index (χ0) is 11.7. The van der Waals surface area contributed by atoms with E-state index >= 15 is 0 Å². The molecule has 0 saturated heterocycles. The molecule has 1 saturated carbocycles. The maximum absolute atomic E-state index is 11.5. The second-order valence-electron chi connectivity index (χ2n) is 3.62. The zero-order valence-corrected chi connectivity index (χ0v) is 8.93. The van der Waals surface area contributed by atoms with E-state index in [1.54, 1.807) is 11.6 Å². The fourth-order valence-electron chi connectivity index (χ4n) is 1.50. The molecule has 1 aromatic rings. The number of hydrogen-bond acceptors (Lipinski definition) is 5. The Kier molecular flexibility index (Phi) is 2.52. The SMILES string of the molecule is CCOC(=O)c1nn(C2CC2)c(N)c1C#N. The van der Waals surface area contributed by atoms with Gasteiger partial charge < -0.3 is 10.5 Å². The van der Waals surface area contributed by atoms with E-state index in [9.17, 15) is 4.79 Å². The normalized spacial score (nSPS) is 14.5. The summed E-state index contributed by atoms with van der Waals surface area (Å²) >= 11 is 0. The number of carbonyl (C=O) groups is 1. The molecular formula is C10H12N4O2. The molecule has 1 fully saturated rings. The molecule has 1 aliphatic carbocycles. The van der Waals surface area contributed by atoms with E-state index in [2.05, 4.69) is 5.10 Å². The molecule has 6 heteroatoms. The molecule has 16 heavy (non-hydrogen) atoms. The highest BCUT2D eigenvalue weighted by Crippen LogP contribution is 2.37. The van der Waals surface area contributed by atoms with Crippen LogP contribution in [0.5, 0.6) is 0 Å². The van der Waals surface area contributed by atoms with Gasteiger partial charge in [-0.1, -0.05) is 0 Å². The van der Waals surface area contributed by atoms with Gasteiger partial charge in [-0.15, -0.1) is 0 Å². The van der Waals surface area contributed by atoms with Crippen LogP contribution >= 0.6 is 0 Å². The molecule has 1 aromatic heterocycles. The van der Waals surface area contributed by atoms with Gasteiger partial charge in [-0.25, -0.2) is 9.48 Å². The first-order valence-corrected chi connectivity index (χ1v) is 5.14. The molecule has 84 valence electrons. The highest BCUT2D eigenvalue weighted by Gasteiger charge is 2.31. The summed E-state index contributed by atoms with van der Waals surface area (Å²) in [6.07, 6.45) is 1.97. The smallest absolute Gasteiger partial charge is 0.360 e. The maximum atomic E-state index is 11.5. The van der Waals surface area contributed by atoms with Crippen molar-refractivity contribution in [3.63, 3.8) is 0 Å². The molecule has 1 aliphatic rings. The summed E-state index contributed by atoms with van der Waals surface area (Å²) in [7, 11) is 0. The van der Waals surface area contributed by atoms with Crippen LogP contribution in [0.1, 0.15) is 41.9 Å². The van der Waals surface area contributed by atoms with Crippen LogP contribution in [0.25, 0.3) is 0 Å². The number of carbonyl (C=O) groups excluding carboxylic acids is 1. The number of anilines is 1. The Morgan fingerprint density at radius 3 is 2.94 bits per heavy atom. The van der Waals surface area contributed by atoms with Gasteiger partial charge in [0, 0.05) is 0 Å². The van der Waals surface area contributed by atoms with E-state index in [0.29, 0.717) is 0 Å². The zero-order valence-electron chi connectivity index (χ0n) is 8.93. The maximum Gasteiger partial charge on any atom is 0.360 e. The van der Waals surface area contributed by atoms with Gasteiger partial charge in [-0.3, -0.25) is 0 Å². The van der Waals surface area contributed by atoms with Crippen molar-refractivity contribution in [2.24, 2.45) is 0 Å². The van der Waals surface area contributed by atoms with Crippen molar-refractivity contribution in [2.75, 3.05) is 12.3 Å². The monoisotopic (exact) mass is 220 g/mol. The summed E-state index contributed by atoms with van der Waals surface area (Å²) in [5.74, 6) is -0.335. The van der Waals surface area contributed by atoms with Gasteiger partial charge in [0.15, 0.2) is 5.69 Å². The first-order chi connectivity index (χ1) is 7.69. The van der Waals surface area contributed by atoms with E-state index in [4.69, 9.17) is 15.7 Å². The molecule has 6 nitrogen and oxygen atoms in total. The van der Waals surface area contributed by atoms with Gasteiger partial charge in [0.25, 0.3) is 0 Å². The lowest BCUT2D eigenvalue weighted by atomic mass is 10.2. The molecule has 0 unspecified atom stereocenters. The van der Waals surface area contributed by atoms with Gasteiger partial charge >= 0.3 is 5.97 Å². The summed E-state index contributed by atoms with van der Waals surface area (Å²) in [4.78, 5) is 11.5. The number of rotatable bonds is 3. The Hall–Kier alpha value is -2.03. The van der Waals surface area contributed by atoms with Crippen molar-refractivity contribution < 1.29 is 9.53 Å². The van der Waals surface area contributed by atoms with Crippen LogP contribution < -0.4 is 5.73 Å². The van der Waals surface area contributed by atoms with Crippen LogP contribution in [-0.2, 0) is 4.74 Å². The minimum atomic E-state index is -0.592. The third kappa shape index (κ3) is 1.60. The molecule has 0 atom stereocenters. The predicted molar refractivity (Wildman–Crippen MR) is 55.6 cm³/mol. The lowest BCUT2D eigenvalue weighted by Crippen LogP contribution is -2.08. The van der Waals surface area contributed by atoms with Gasteiger partial charge in [-0.2, -0.15) is 10.4 Å². The van der Waals surface area contributed by atoms with Crippen LogP contribution in [0.2, 0.25) is 0 Å². The largest absolute Gasteiger partial charge is 0.461 e. The number of nitriles is 1. The Labute approximate surface area is 92.6 Å². The average Bonchev–Trinajstić information content (AvgIpc) is 3.03. The highest BCUT2D eigenvalue weighted by molar-refractivity contribution is 5.91. The second kappa shape index (κ2) is 3.85. The quantitative estimate of drug-likeness (QED) is 0.762. The van der Waals surface area contributed by atoms with Gasteiger partial charge in [0.1, 0.15) is 17.5 Å². The number of hydrogen-bond donors (Lipinski definition) is 1. The first-order valence-electron chi connectivity index (χ1n) is 5.14. The fraction of sp³-hybridized carbons (Fsp3) is 0.500. The van der Waals surface area contributed by atoms with Crippen molar-refractivity contribution in [3.8, 4) is 6.07 Å². The molecule has 0 radical (unpaired) electrons. The third-order valence-electron chi connectivity index (χ3n) is 2.42. The molecule has 2 N–H and O–H groups in total. The summed E-state index contributed by atoms with van der Waals surface area (Å²) < 4.78 is 6.36. The van der Waals surface area contributed by atoms with E-state index in [1.165, 1.54) is 0 Å². The Morgan fingerprint density at radius 2 is 2.44 bits per heavy atom. The number of nitrogen functional groups attached to an aromatic ring is 1. The Balaban J connectivity index is 2.40. The van der Waals surface area contributed by atoms with Crippen LogP contribution in [0.4, 0.5) is 5.82 Å². The van der Waals surface area contributed by atoms with Crippen molar-refractivity contribution in [3.05, 3.63) is 11.3 Å². The Bertz CT molecular complexity index is 468. The van der Waals surface area contributed by atoms with E-state index in [0.717, 1.165) is 12.8 Å². The van der Waals surface area contributed by atoms with Crippen molar-refractivity contribution in [1.29, 1.82) is 5.26 Å². The fourth-order valence-corrected chi connectivity index (χ4v) is 1.50. The number of ether oxygens (including phenoxy) is 1. The van der Waals surface area contributed by atoms with Crippen LogP contribution in [0, 0.1) is 11.3 Å². The summed E-state index contributed by atoms with van der Waals surface area (Å²) in [6, 6.07) is 2.13. The number of aromatic nitrogens is 2. The molecule has 0 aromatic carbocycles. The topological polar surface area (TPSA) is 93.9 Å². The van der Waals surface area contributed by atoms with Gasteiger partial charge in [0.05, 0.1) is 12.6 Å². The molecular weight excluding hydrogens is 208 g/mol. The molecule has 0 aliphatic heterocycles. The standard InChI is InChI=1S/C10H12N4O2/c1-2-16-10(15)8-7(5-11)9(12)14(13-8)6-3-4-6/h6H,2-4,12H2,1H3. The van der Waals surface area contributed by atoms with Gasteiger partial charge in [-0.05, 0) is 19.8 Å². The molecule has 2 rings (SSSR count). The van der Waals surface area contributed by atoms with Crippen molar-refractivity contribution in [1.82, 2.24) is 9.78 Å². The van der Waals surface area contributed by atoms with Crippen molar-refractivity contribution in [2.45, 2.75) is 25.8 Å². The van der Waals surface area contributed by atoms with Crippen molar-refractivity contribution >= 4 is 11.8 Å². The van der Waals surface area contributed by atoms with Crippen LogP contribution in [0.3, 0.4) is 0 Å². The minimum absolute atomic E-state index is 0.0220. The predicted octanol–water partition coefficient (Wildman–Crippen LogP) is 0.849. The lowest BCUT2D eigenvalue weighted by molar-refractivity contribution is 0.0518. The number of nitrogens with zero attached hydrogens (tertiary/aromatic N) is 3. The highest BCUT2D eigenvalue weighted by atomic mass is 16.5. The Morgan fingerprint density at radius 1 is 1.75 bits per heavy atom. The molecule has 0 amide bonds.